The van der Waals surface area contributed by atoms with Crippen LogP contribution in [0, 0.1) is 0 Å². The standard InChI is InChI=1S/C20H24N3O2P/c1-21(2)26(22(3)13-14-23(26)4)24-19-17-11-7-5-9-15(17)16-10-6-8-12-18(16)20(19)25-26/h5-12H,13-14H2,1-4H3. The third-order valence-corrected chi connectivity index (χ3v) is 11.1. The van der Waals surface area contributed by atoms with Gasteiger partial charge in [0, 0.05) is 0 Å². The third-order valence-electron chi connectivity index (χ3n) is 5.94. The molecule has 2 aliphatic heterocycles. The van der Waals surface area contributed by atoms with Gasteiger partial charge in [0.25, 0.3) is 0 Å². The molecule has 0 aliphatic carbocycles. The summed E-state index contributed by atoms with van der Waals surface area (Å²) in [4.78, 5) is 0. The van der Waals surface area contributed by atoms with Gasteiger partial charge in [-0.3, -0.25) is 0 Å². The molecule has 1 saturated heterocycles. The Balaban J connectivity index is 1.91. The summed E-state index contributed by atoms with van der Waals surface area (Å²) in [6.45, 7) is 1.83. The Morgan fingerprint density at radius 3 is 1.50 bits per heavy atom. The van der Waals surface area contributed by atoms with Crippen molar-refractivity contribution in [3.63, 3.8) is 0 Å². The predicted molar refractivity (Wildman–Crippen MR) is 109 cm³/mol. The molecule has 136 valence electrons. The van der Waals surface area contributed by atoms with E-state index in [0.29, 0.717) is 0 Å². The van der Waals surface area contributed by atoms with Crippen LogP contribution in [0.1, 0.15) is 0 Å². The van der Waals surface area contributed by atoms with Crippen LogP contribution in [-0.4, -0.2) is 55.3 Å². The van der Waals surface area contributed by atoms with E-state index in [2.05, 4.69) is 90.7 Å². The van der Waals surface area contributed by atoms with Gasteiger partial charge in [-0.15, -0.1) is 0 Å². The van der Waals surface area contributed by atoms with E-state index >= 15 is 0 Å². The van der Waals surface area contributed by atoms with Crippen molar-refractivity contribution in [2.45, 2.75) is 0 Å². The molecule has 2 aliphatic rings. The summed E-state index contributed by atoms with van der Waals surface area (Å²) in [5.74, 6) is 1.73. The van der Waals surface area contributed by atoms with Gasteiger partial charge in [0.15, 0.2) is 0 Å². The molecule has 5 nitrogen and oxygen atoms in total. The summed E-state index contributed by atoms with van der Waals surface area (Å²) in [6, 6.07) is 16.9. The van der Waals surface area contributed by atoms with E-state index < -0.39 is 7.51 Å². The molecule has 5 rings (SSSR count). The van der Waals surface area contributed by atoms with Crippen molar-refractivity contribution in [3.8, 4) is 11.5 Å². The van der Waals surface area contributed by atoms with Crippen molar-refractivity contribution in [1.29, 1.82) is 0 Å². The van der Waals surface area contributed by atoms with Crippen LogP contribution in [0.25, 0.3) is 21.5 Å². The molecule has 0 N–H and O–H groups in total. The van der Waals surface area contributed by atoms with Crippen molar-refractivity contribution < 1.29 is 9.05 Å². The zero-order valence-corrected chi connectivity index (χ0v) is 16.5. The normalized spacial score (nSPS) is 23.0. The van der Waals surface area contributed by atoms with E-state index in [1.807, 2.05) is 0 Å². The number of fused-ring (bicyclic) bond motifs is 6. The van der Waals surface area contributed by atoms with Gasteiger partial charge in [-0.2, -0.15) is 0 Å². The molecule has 0 aromatic heterocycles. The molecule has 1 fully saturated rings. The molecular formula is C20H24N3O2P. The van der Waals surface area contributed by atoms with Crippen LogP contribution >= 0.6 is 7.51 Å². The van der Waals surface area contributed by atoms with Crippen molar-refractivity contribution in [1.82, 2.24) is 14.0 Å². The Hall–Kier alpha value is -1.91. The van der Waals surface area contributed by atoms with Gasteiger partial charge in [-0.25, -0.2) is 0 Å². The summed E-state index contributed by atoms with van der Waals surface area (Å²) in [7, 11) is 5.00. The summed E-state index contributed by atoms with van der Waals surface area (Å²) in [5, 5.41) is 4.62. The summed E-state index contributed by atoms with van der Waals surface area (Å²) < 4.78 is 20.6. The number of hydrogen-bond donors (Lipinski definition) is 0. The Labute approximate surface area is 153 Å². The molecule has 26 heavy (non-hydrogen) atoms. The molecule has 3 aromatic rings. The van der Waals surface area contributed by atoms with Crippen LogP contribution < -0.4 is 9.05 Å². The number of nitrogens with zero attached hydrogens (tertiary/aromatic N) is 3. The van der Waals surface area contributed by atoms with Gasteiger partial charge in [0.1, 0.15) is 0 Å². The fourth-order valence-corrected chi connectivity index (χ4v) is 9.07. The van der Waals surface area contributed by atoms with Crippen LogP contribution in [0.3, 0.4) is 0 Å². The second-order valence-electron chi connectivity index (χ2n) is 7.37. The SMILES string of the molecule is CN(C)P12(Oc3c(c4ccccc4c4ccccc34)O1)N(C)CCN2C. The molecule has 0 unspecified atom stereocenters. The maximum absolute atomic E-state index is 6.94. The molecule has 0 amide bonds. The monoisotopic (exact) mass is 369 g/mol. The zero-order valence-electron chi connectivity index (χ0n) is 15.6. The summed E-state index contributed by atoms with van der Waals surface area (Å²) >= 11 is 0. The Kier molecular flexibility index (Phi) is 3.18. The molecule has 6 heteroatoms. The molecule has 0 radical (unpaired) electrons. The van der Waals surface area contributed by atoms with E-state index in [1.165, 1.54) is 10.8 Å². The van der Waals surface area contributed by atoms with Gasteiger partial charge in [0.05, 0.1) is 0 Å². The van der Waals surface area contributed by atoms with Gasteiger partial charge in [-0.05, 0) is 0 Å². The average molecular weight is 369 g/mol. The number of rotatable bonds is 1. The van der Waals surface area contributed by atoms with Crippen LogP contribution in [0.5, 0.6) is 11.5 Å². The quantitative estimate of drug-likeness (QED) is 0.470. The van der Waals surface area contributed by atoms with E-state index in [9.17, 15) is 0 Å². The van der Waals surface area contributed by atoms with E-state index in [4.69, 9.17) is 9.05 Å². The van der Waals surface area contributed by atoms with E-state index in [1.54, 1.807) is 0 Å². The van der Waals surface area contributed by atoms with Gasteiger partial charge < -0.3 is 0 Å². The Morgan fingerprint density at radius 2 is 1.12 bits per heavy atom. The van der Waals surface area contributed by atoms with E-state index in [0.717, 1.165) is 35.4 Å². The summed E-state index contributed by atoms with van der Waals surface area (Å²) in [6.07, 6.45) is 0. The van der Waals surface area contributed by atoms with Gasteiger partial charge in [0.2, 0.25) is 0 Å². The van der Waals surface area contributed by atoms with Crippen LogP contribution in [-0.2, 0) is 0 Å². The number of likely N-dealkylation sites (N-methyl/N-ethyl adjacent to an activating group) is 2. The predicted octanol–water partition coefficient (Wildman–Crippen LogP) is 4.33. The van der Waals surface area contributed by atoms with Crippen molar-refractivity contribution in [2.24, 2.45) is 0 Å². The average Bonchev–Trinajstić information content (AvgIpc) is 3.16. The number of benzene rings is 3. The Bertz CT molecular complexity index is 973. The second kappa shape index (κ2) is 5.08. The molecule has 0 saturated carbocycles. The van der Waals surface area contributed by atoms with Gasteiger partial charge in [-0.1, -0.05) is 0 Å². The van der Waals surface area contributed by atoms with Crippen LogP contribution in [0.4, 0.5) is 0 Å². The van der Waals surface area contributed by atoms with Crippen molar-refractivity contribution in [2.75, 3.05) is 41.3 Å². The molecule has 0 bridgehead atoms. The summed E-state index contributed by atoms with van der Waals surface area (Å²) in [5.41, 5.74) is 0. The maximum atomic E-state index is 6.94. The molecule has 1 spiro atoms. The first-order valence-electron chi connectivity index (χ1n) is 8.95. The molecule has 0 atom stereocenters. The first-order valence-corrected chi connectivity index (χ1v) is 10.9. The minimum absolute atomic E-state index is 0.867. The Morgan fingerprint density at radius 1 is 0.731 bits per heavy atom. The minimum atomic E-state index is -3.34. The molecule has 2 heterocycles. The third kappa shape index (κ3) is 1.65. The van der Waals surface area contributed by atoms with E-state index in [-0.39, 0.29) is 0 Å². The van der Waals surface area contributed by atoms with Crippen LogP contribution in [0.15, 0.2) is 48.5 Å². The fourth-order valence-electron chi connectivity index (χ4n) is 4.54. The molecule has 3 aromatic carbocycles. The van der Waals surface area contributed by atoms with Crippen LogP contribution in [0.2, 0.25) is 0 Å². The topological polar surface area (TPSA) is 28.2 Å². The first kappa shape index (κ1) is 16.3. The molecular weight excluding hydrogens is 345 g/mol. The zero-order chi connectivity index (χ0) is 18.1. The number of hydrogen-bond acceptors (Lipinski definition) is 5. The van der Waals surface area contributed by atoms with Gasteiger partial charge >= 0.3 is 153 Å². The van der Waals surface area contributed by atoms with Crippen molar-refractivity contribution in [3.05, 3.63) is 48.5 Å². The first-order chi connectivity index (χ1) is 12.5. The van der Waals surface area contributed by atoms with Crippen molar-refractivity contribution >= 4 is 29.1 Å². The second-order valence-corrected chi connectivity index (χ2v) is 11.6. The fraction of sp³-hybridized carbons (Fsp3) is 0.300.